The fourth-order valence-electron chi connectivity index (χ4n) is 2.54. The van der Waals surface area contributed by atoms with Gasteiger partial charge in [-0.2, -0.15) is 5.10 Å². The predicted octanol–water partition coefficient (Wildman–Crippen LogP) is 2.94. The van der Waals surface area contributed by atoms with Crippen LogP contribution in [0.5, 0.6) is 0 Å². The Bertz CT molecular complexity index is 753. The van der Waals surface area contributed by atoms with E-state index in [0.29, 0.717) is 17.9 Å². The number of aryl methyl sites for hydroxylation is 4. The van der Waals surface area contributed by atoms with Crippen molar-refractivity contribution in [1.29, 1.82) is 0 Å². The van der Waals surface area contributed by atoms with Gasteiger partial charge in [0.1, 0.15) is 4.90 Å². The fourth-order valence-corrected chi connectivity index (χ4v) is 3.92. The van der Waals surface area contributed by atoms with E-state index in [9.17, 15) is 8.42 Å². The van der Waals surface area contributed by atoms with Gasteiger partial charge in [0.15, 0.2) is 0 Å². The molecule has 6 heteroatoms. The van der Waals surface area contributed by atoms with Crippen LogP contribution in [0.4, 0.5) is 5.69 Å². The molecule has 2 aromatic rings. The molecular formula is C15H21N3O2S. The fraction of sp³-hybridized carbons (Fsp3) is 0.400. The number of aromatic nitrogens is 2. The van der Waals surface area contributed by atoms with Crippen LogP contribution in [0.2, 0.25) is 0 Å². The third-order valence-electron chi connectivity index (χ3n) is 3.56. The molecule has 0 unspecified atom stereocenters. The first-order valence-corrected chi connectivity index (χ1v) is 8.37. The number of hydrogen-bond donors (Lipinski definition) is 1. The summed E-state index contributed by atoms with van der Waals surface area (Å²) in [5.41, 5.74) is 4.23. The summed E-state index contributed by atoms with van der Waals surface area (Å²) in [6, 6.07) is 3.93. The first-order valence-electron chi connectivity index (χ1n) is 6.89. The molecule has 1 aromatic heterocycles. The molecule has 21 heavy (non-hydrogen) atoms. The van der Waals surface area contributed by atoms with Gasteiger partial charge in [0.2, 0.25) is 0 Å². The maximum Gasteiger partial charge on any atom is 0.265 e. The second-order valence-corrected chi connectivity index (χ2v) is 6.94. The van der Waals surface area contributed by atoms with Crippen molar-refractivity contribution in [3.8, 4) is 0 Å². The summed E-state index contributed by atoms with van der Waals surface area (Å²) in [6.07, 6.45) is 1.40. The minimum Gasteiger partial charge on any atom is -0.279 e. The first kappa shape index (κ1) is 15.6. The highest BCUT2D eigenvalue weighted by atomic mass is 32.2. The molecule has 0 saturated carbocycles. The quantitative estimate of drug-likeness (QED) is 0.944. The molecule has 114 valence electrons. The molecule has 0 saturated heterocycles. The number of nitrogens with zero attached hydrogens (tertiary/aromatic N) is 2. The van der Waals surface area contributed by atoms with Crippen LogP contribution >= 0.6 is 0 Å². The van der Waals surface area contributed by atoms with E-state index in [1.807, 2.05) is 39.8 Å². The molecule has 0 atom stereocenters. The van der Waals surface area contributed by atoms with Crippen LogP contribution in [0.1, 0.15) is 29.3 Å². The highest BCUT2D eigenvalue weighted by Crippen LogP contribution is 2.26. The van der Waals surface area contributed by atoms with Crippen LogP contribution in [0, 0.1) is 27.7 Å². The van der Waals surface area contributed by atoms with Crippen LogP contribution in [-0.4, -0.2) is 18.2 Å². The zero-order valence-corrected chi connectivity index (χ0v) is 13.9. The second-order valence-electron chi connectivity index (χ2n) is 5.29. The molecule has 2 rings (SSSR count). The molecule has 1 heterocycles. The van der Waals surface area contributed by atoms with Gasteiger partial charge >= 0.3 is 0 Å². The Morgan fingerprint density at radius 3 is 2.19 bits per heavy atom. The van der Waals surface area contributed by atoms with Crippen LogP contribution in [0.3, 0.4) is 0 Å². The Morgan fingerprint density at radius 2 is 1.71 bits per heavy atom. The van der Waals surface area contributed by atoms with E-state index < -0.39 is 10.0 Å². The Labute approximate surface area is 126 Å². The molecule has 1 N–H and O–H groups in total. The average molecular weight is 307 g/mol. The van der Waals surface area contributed by atoms with Gasteiger partial charge in [-0.05, 0) is 45.7 Å². The van der Waals surface area contributed by atoms with Gasteiger partial charge in [-0.3, -0.25) is 9.40 Å². The van der Waals surface area contributed by atoms with Crippen molar-refractivity contribution in [2.24, 2.45) is 0 Å². The zero-order chi connectivity index (χ0) is 15.8. The summed E-state index contributed by atoms with van der Waals surface area (Å²) >= 11 is 0. The normalized spacial score (nSPS) is 11.7. The molecule has 0 aliphatic carbocycles. The third-order valence-corrected chi connectivity index (χ3v) is 5.01. The number of anilines is 1. The zero-order valence-electron chi connectivity index (χ0n) is 13.1. The van der Waals surface area contributed by atoms with Crippen molar-refractivity contribution in [3.05, 3.63) is 40.7 Å². The summed E-state index contributed by atoms with van der Waals surface area (Å²) in [4.78, 5) is 0.226. The summed E-state index contributed by atoms with van der Waals surface area (Å²) in [5.74, 6) is 0. The van der Waals surface area contributed by atoms with Gasteiger partial charge < -0.3 is 0 Å². The molecule has 0 radical (unpaired) electrons. The molecule has 1 aromatic carbocycles. The highest BCUT2D eigenvalue weighted by Gasteiger charge is 2.22. The van der Waals surface area contributed by atoms with Crippen molar-refractivity contribution < 1.29 is 8.42 Å². The molecule has 0 spiro atoms. The molecular weight excluding hydrogens is 286 g/mol. The average Bonchev–Trinajstić information content (AvgIpc) is 2.75. The standard InChI is InChI=1S/C15H21N3O2S/c1-6-18-13(5)14(9-16-18)21(19,20)17-15-11(3)7-10(2)8-12(15)4/h7-9,17H,6H2,1-5H3. The summed E-state index contributed by atoms with van der Waals surface area (Å²) in [5, 5.41) is 4.10. The molecule has 5 nitrogen and oxygen atoms in total. The SMILES string of the molecule is CCn1ncc(S(=O)(=O)Nc2c(C)cc(C)cc2C)c1C. The number of sulfonamides is 1. The maximum atomic E-state index is 12.6. The maximum absolute atomic E-state index is 12.6. The van der Waals surface area contributed by atoms with Crippen molar-refractivity contribution in [3.63, 3.8) is 0 Å². The molecule has 0 bridgehead atoms. The van der Waals surface area contributed by atoms with Crippen LogP contribution in [0.15, 0.2) is 23.2 Å². The number of rotatable bonds is 4. The Morgan fingerprint density at radius 1 is 1.14 bits per heavy atom. The molecule has 0 fully saturated rings. The third kappa shape index (κ3) is 2.95. The largest absolute Gasteiger partial charge is 0.279 e. The van der Waals surface area contributed by atoms with Gasteiger partial charge in [0.05, 0.1) is 17.6 Å². The number of nitrogens with one attached hydrogen (secondary N) is 1. The van der Waals surface area contributed by atoms with E-state index in [4.69, 9.17) is 0 Å². The van der Waals surface area contributed by atoms with Gasteiger partial charge in [0.25, 0.3) is 10.0 Å². The van der Waals surface area contributed by atoms with E-state index in [2.05, 4.69) is 9.82 Å². The monoisotopic (exact) mass is 307 g/mol. The highest BCUT2D eigenvalue weighted by molar-refractivity contribution is 7.92. The van der Waals surface area contributed by atoms with E-state index in [1.165, 1.54) is 6.20 Å². The van der Waals surface area contributed by atoms with Gasteiger partial charge in [-0.15, -0.1) is 0 Å². The topological polar surface area (TPSA) is 64.0 Å². The summed E-state index contributed by atoms with van der Waals surface area (Å²) in [7, 11) is -3.62. The second kappa shape index (κ2) is 5.52. The molecule has 0 amide bonds. The summed E-state index contributed by atoms with van der Waals surface area (Å²) < 4.78 is 29.5. The summed E-state index contributed by atoms with van der Waals surface area (Å²) in [6.45, 7) is 10.1. The Balaban J connectivity index is 2.45. The van der Waals surface area contributed by atoms with E-state index >= 15 is 0 Å². The molecule has 0 aliphatic rings. The Hall–Kier alpha value is -1.82. The lowest BCUT2D eigenvalue weighted by atomic mass is 10.1. The van der Waals surface area contributed by atoms with Crippen LogP contribution in [0.25, 0.3) is 0 Å². The minimum atomic E-state index is -3.62. The lowest BCUT2D eigenvalue weighted by Crippen LogP contribution is -2.16. The predicted molar refractivity (Wildman–Crippen MR) is 84.1 cm³/mol. The number of hydrogen-bond acceptors (Lipinski definition) is 3. The van der Waals surface area contributed by atoms with Crippen LogP contribution < -0.4 is 4.72 Å². The van der Waals surface area contributed by atoms with Gasteiger partial charge in [-0.1, -0.05) is 17.7 Å². The minimum absolute atomic E-state index is 0.226. The lowest BCUT2D eigenvalue weighted by molar-refractivity contribution is 0.598. The van der Waals surface area contributed by atoms with Crippen LogP contribution in [-0.2, 0) is 16.6 Å². The Kier molecular flexibility index (Phi) is 4.09. The van der Waals surface area contributed by atoms with Gasteiger partial charge in [0, 0.05) is 6.54 Å². The van der Waals surface area contributed by atoms with E-state index in [-0.39, 0.29) is 4.90 Å². The van der Waals surface area contributed by atoms with Crippen molar-refractivity contribution in [2.45, 2.75) is 46.1 Å². The lowest BCUT2D eigenvalue weighted by Gasteiger charge is -2.14. The smallest absolute Gasteiger partial charge is 0.265 e. The first-order chi connectivity index (χ1) is 9.76. The number of benzene rings is 1. The van der Waals surface area contributed by atoms with Crippen molar-refractivity contribution in [2.75, 3.05) is 4.72 Å². The van der Waals surface area contributed by atoms with Gasteiger partial charge in [-0.25, -0.2) is 8.42 Å². The van der Waals surface area contributed by atoms with Crippen molar-refractivity contribution in [1.82, 2.24) is 9.78 Å². The van der Waals surface area contributed by atoms with E-state index in [1.54, 1.807) is 11.6 Å². The van der Waals surface area contributed by atoms with Crippen molar-refractivity contribution >= 4 is 15.7 Å². The molecule has 0 aliphatic heterocycles. The van der Waals surface area contributed by atoms with E-state index in [0.717, 1.165) is 16.7 Å².